The van der Waals surface area contributed by atoms with Crippen LogP contribution in [0.1, 0.15) is 71.6 Å². The van der Waals surface area contributed by atoms with Gasteiger partial charge in [-0.2, -0.15) is 0 Å². The number of ketones is 1. The number of unbranched alkanes of at least 4 members (excludes halogenated alkanes) is 1. The van der Waals surface area contributed by atoms with Crippen LogP contribution in [0.3, 0.4) is 0 Å². The molecule has 1 atom stereocenters. The Hall–Kier alpha value is -1.06. The third-order valence-corrected chi connectivity index (χ3v) is 4.96. The highest BCUT2D eigenvalue weighted by molar-refractivity contribution is 5.94. The van der Waals surface area contributed by atoms with Crippen LogP contribution in [0.4, 0.5) is 4.79 Å². The number of hydrogen-bond donors (Lipinski definition) is 1. The van der Waals surface area contributed by atoms with Crippen LogP contribution >= 0.6 is 0 Å². The summed E-state index contributed by atoms with van der Waals surface area (Å²) in [6.45, 7) is 4.44. The minimum Gasteiger partial charge on any atom is -0.450 e. The quantitative estimate of drug-likeness (QED) is 0.758. The normalized spacial score (nSPS) is 25.2. The first-order valence-electron chi connectivity index (χ1n) is 8.45. The highest BCUT2D eigenvalue weighted by Gasteiger charge is 2.47. The Labute approximate surface area is 128 Å². The fourth-order valence-corrected chi connectivity index (χ4v) is 3.57. The van der Waals surface area contributed by atoms with Gasteiger partial charge in [0.1, 0.15) is 0 Å². The molecular formula is C17H29NO3. The van der Waals surface area contributed by atoms with Gasteiger partial charge in [0.15, 0.2) is 5.78 Å². The minimum absolute atomic E-state index is 0.106. The van der Waals surface area contributed by atoms with Gasteiger partial charge in [0, 0.05) is 6.42 Å². The number of nitrogens with one attached hydrogen (secondary N) is 1. The summed E-state index contributed by atoms with van der Waals surface area (Å²) in [5, 5.41) is 2.69. The molecule has 0 saturated heterocycles. The predicted octanol–water partition coefficient (Wildman–Crippen LogP) is 3.83. The van der Waals surface area contributed by atoms with Crippen LogP contribution in [0.25, 0.3) is 0 Å². The summed E-state index contributed by atoms with van der Waals surface area (Å²) in [6.07, 6.45) is 10.3. The SMILES string of the molecule is CC1(C)CC(=O)[C@H]1NC(=O)OCCCCC1CCCCC1. The predicted molar refractivity (Wildman–Crippen MR) is 82.1 cm³/mol. The molecule has 0 aromatic rings. The summed E-state index contributed by atoms with van der Waals surface area (Å²) in [5.41, 5.74) is -0.128. The summed E-state index contributed by atoms with van der Waals surface area (Å²) in [4.78, 5) is 23.1. The fraction of sp³-hybridized carbons (Fsp3) is 0.882. The molecule has 2 aliphatic carbocycles. The molecule has 0 heterocycles. The lowest BCUT2D eigenvalue weighted by Gasteiger charge is -2.42. The summed E-state index contributed by atoms with van der Waals surface area (Å²) in [7, 11) is 0. The van der Waals surface area contributed by atoms with Crippen LogP contribution in [0.2, 0.25) is 0 Å². The molecule has 120 valence electrons. The van der Waals surface area contributed by atoms with Gasteiger partial charge in [0.25, 0.3) is 0 Å². The van der Waals surface area contributed by atoms with Crippen LogP contribution in [0.15, 0.2) is 0 Å². The molecule has 0 aromatic heterocycles. The Morgan fingerprint density at radius 2 is 1.95 bits per heavy atom. The van der Waals surface area contributed by atoms with E-state index in [-0.39, 0.29) is 17.2 Å². The number of rotatable bonds is 6. The van der Waals surface area contributed by atoms with Crippen molar-refractivity contribution in [2.24, 2.45) is 11.3 Å². The van der Waals surface area contributed by atoms with E-state index in [0.29, 0.717) is 13.0 Å². The van der Waals surface area contributed by atoms with Crippen molar-refractivity contribution >= 4 is 11.9 Å². The van der Waals surface area contributed by atoms with Crippen LogP contribution < -0.4 is 5.32 Å². The van der Waals surface area contributed by atoms with Crippen LogP contribution in [0, 0.1) is 11.3 Å². The van der Waals surface area contributed by atoms with Gasteiger partial charge in [-0.05, 0) is 24.2 Å². The van der Waals surface area contributed by atoms with Gasteiger partial charge in [0.2, 0.25) is 0 Å². The number of carbonyl (C=O) groups is 2. The summed E-state index contributed by atoms with van der Waals surface area (Å²) in [6, 6.07) is -0.368. The number of amides is 1. The molecule has 2 saturated carbocycles. The van der Waals surface area contributed by atoms with Crippen molar-refractivity contribution in [1.29, 1.82) is 0 Å². The zero-order valence-corrected chi connectivity index (χ0v) is 13.5. The molecule has 0 bridgehead atoms. The topological polar surface area (TPSA) is 55.4 Å². The van der Waals surface area contributed by atoms with Crippen LogP contribution in [-0.4, -0.2) is 24.5 Å². The molecule has 4 nitrogen and oxygen atoms in total. The number of carbonyl (C=O) groups excluding carboxylic acids is 2. The van der Waals surface area contributed by atoms with Crippen molar-refractivity contribution in [2.45, 2.75) is 77.7 Å². The van der Waals surface area contributed by atoms with E-state index in [1.807, 2.05) is 13.8 Å². The van der Waals surface area contributed by atoms with E-state index in [1.54, 1.807) is 0 Å². The van der Waals surface area contributed by atoms with E-state index < -0.39 is 6.09 Å². The van der Waals surface area contributed by atoms with Crippen molar-refractivity contribution in [1.82, 2.24) is 5.32 Å². The number of ether oxygens (including phenoxy) is 1. The third-order valence-electron chi connectivity index (χ3n) is 4.96. The van der Waals surface area contributed by atoms with Gasteiger partial charge < -0.3 is 10.1 Å². The van der Waals surface area contributed by atoms with Gasteiger partial charge in [-0.3, -0.25) is 4.79 Å². The number of Topliss-reactive ketones (excluding diaryl/α,β-unsaturated/α-hetero) is 1. The van der Waals surface area contributed by atoms with Crippen molar-refractivity contribution in [3.05, 3.63) is 0 Å². The Bertz CT molecular complexity index is 372. The molecule has 21 heavy (non-hydrogen) atoms. The second-order valence-corrected chi connectivity index (χ2v) is 7.34. The molecule has 1 amide bonds. The number of hydrogen-bond acceptors (Lipinski definition) is 3. The van der Waals surface area contributed by atoms with Gasteiger partial charge in [0.05, 0.1) is 12.6 Å². The Morgan fingerprint density at radius 1 is 1.24 bits per heavy atom. The molecular weight excluding hydrogens is 266 g/mol. The van der Waals surface area contributed by atoms with E-state index in [9.17, 15) is 9.59 Å². The smallest absolute Gasteiger partial charge is 0.407 e. The van der Waals surface area contributed by atoms with E-state index in [4.69, 9.17) is 4.74 Å². The maximum Gasteiger partial charge on any atom is 0.407 e. The van der Waals surface area contributed by atoms with E-state index in [1.165, 1.54) is 38.5 Å². The Kier molecular flexibility index (Phi) is 5.65. The lowest BCUT2D eigenvalue weighted by Crippen LogP contribution is -2.59. The average molecular weight is 295 g/mol. The van der Waals surface area contributed by atoms with Crippen LogP contribution in [0.5, 0.6) is 0 Å². The third kappa shape index (κ3) is 4.72. The van der Waals surface area contributed by atoms with E-state index in [0.717, 1.165) is 18.8 Å². The summed E-state index contributed by atoms with van der Waals surface area (Å²) >= 11 is 0. The van der Waals surface area contributed by atoms with Crippen molar-refractivity contribution in [3.8, 4) is 0 Å². The van der Waals surface area contributed by atoms with Crippen LogP contribution in [-0.2, 0) is 9.53 Å². The fourth-order valence-electron chi connectivity index (χ4n) is 3.57. The second kappa shape index (κ2) is 7.28. The van der Waals surface area contributed by atoms with E-state index >= 15 is 0 Å². The minimum atomic E-state index is -0.446. The summed E-state index contributed by atoms with van der Waals surface area (Å²) < 4.78 is 5.18. The Morgan fingerprint density at radius 3 is 2.57 bits per heavy atom. The molecule has 2 fully saturated rings. The molecule has 2 rings (SSSR count). The maximum absolute atomic E-state index is 11.7. The van der Waals surface area contributed by atoms with Gasteiger partial charge in [-0.25, -0.2) is 4.79 Å². The molecule has 2 aliphatic rings. The van der Waals surface area contributed by atoms with Gasteiger partial charge in [-0.1, -0.05) is 52.4 Å². The monoisotopic (exact) mass is 295 g/mol. The Balaban J connectivity index is 1.52. The first-order valence-corrected chi connectivity index (χ1v) is 8.45. The highest BCUT2D eigenvalue weighted by Crippen LogP contribution is 2.37. The highest BCUT2D eigenvalue weighted by atomic mass is 16.5. The second-order valence-electron chi connectivity index (χ2n) is 7.34. The largest absolute Gasteiger partial charge is 0.450 e. The van der Waals surface area contributed by atoms with Crippen molar-refractivity contribution in [3.63, 3.8) is 0 Å². The maximum atomic E-state index is 11.7. The van der Waals surface area contributed by atoms with E-state index in [2.05, 4.69) is 5.32 Å². The standard InChI is InChI=1S/C17H29NO3/c1-17(2)12-14(19)15(17)18-16(20)21-11-7-6-10-13-8-4-3-5-9-13/h13,15H,3-12H2,1-2H3,(H,18,20)/t15-/m1/s1. The van der Waals surface area contributed by atoms with Gasteiger partial charge in [-0.15, -0.1) is 0 Å². The lowest BCUT2D eigenvalue weighted by molar-refractivity contribution is -0.135. The zero-order valence-electron chi connectivity index (χ0n) is 13.5. The zero-order chi connectivity index (χ0) is 15.3. The molecule has 0 aromatic carbocycles. The number of alkyl carbamates (subject to hydrolysis) is 1. The molecule has 0 radical (unpaired) electrons. The molecule has 0 spiro atoms. The summed E-state index contributed by atoms with van der Waals surface area (Å²) in [5.74, 6) is 0.996. The average Bonchev–Trinajstić information content (AvgIpc) is 2.45. The first-order chi connectivity index (χ1) is 9.99. The van der Waals surface area contributed by atoms with Gasteiger partial charge >= 0.3 is 6.09 Å². The lowest BCUT2D eigenvalue weighted by atomic mass is 9.66. The van der Waals surface area contributed by atoms with Crippen molar-refractivity contribution < 1.29 is 14.3 Å². The molecule has 1 N–H and O–H groups in total. The molecule has 0 aliphatic heterocycles. The van der Waals surface area contributed by atoms with Crippen molar-refractivity contribution in [2.75, 3.05) is 6.61 Å². The molecule has 4 heteroatoms. The molecule has 0 unspecified atom stereocenters. The first kappa shape index (κ1) is 16.3.